The van der Waals surface area contributed by atoms with Gasteiger partial charge in [0.1, 0.15) is 12.3 Å². The number of benzene rings is 1. The number of aryl methyl sites for hydroxylation is 3. The SMILES string of the molecule is CC#CCOc1c(C)nn(CC)c(=O)c1-c1ccccc1C. The van der Waals surface area contributed by atoms with Gasteiger partial charge in [0.15, 0.2) is 5.75 Å². The third kappa shape index (κ3) is 3.04. The zero-order valence-corrected chi connectivity index (χ0v) is 13.4. The van der Waals surface area contributed by atoms with Gasteiger partial charge in [-0.1, -0.05) is 30.2 Å². The lowest BCUT2D eigenvalue weighted by Gasteiger charge is -2.15. The summed E-state index contributed by atoms with van der Waals surface area (Å²) in [6, 6.07) is 7.79. The van der Waals surface area contributed by atoms with E-state index in [1.165, 1.54) is 4.68 Å². The van der Waals surface area contributed by atoms with Crippen LogP contribution in [0.4, 0.5) is 0 Å². The molecule has 0 fully saturated rings. The molecule has 1 aromatic heterocycles. The Morgan fingerprint density at radius 1 is 1.27 bits per heavy atom. The molecule has 0 N–H and O–H groups in total. The first-order chi connectivity index (χ1) is 10.6. The van der Waals surface area contributed by atoms with Crippen LogP contribution in [-0.4, -0.2) is 16.4 Å². The van der Waals surface area contributed by atoms with Crippen LogP contribution >= 0.6 is 0 Å². The molecule has 4 nitrogen and oxygen atoms in total. The zero-order chi connectivity index (χ0) is 16.1. The molecular formula is C18H20N2O2. The first-order valence-electron chi connectivity index (χ1n) is 7.30. The van der Waals surface area contributed by atoms with Gasteiger partial charge in [-0.15, -0.1) is 5.92 Å². The number of aromatic nitrogens is 2. The van der Waals surface area contributed by atoms with E-state index in [0.29, 0.717) is 23.6 Å². The van der Waals surface area contributed by atoms with Crippen LogP contribution in [0, 0.1) is 25.7 Å². The van der Waals surface area contributed by atoms with Crippen LogP contribution in [0.2, 0.25) is 0 Å². The minimum absolute atomic E-state index is 0.137. The van der Waals surface area contributed by atoms with Crippen molar-refractivity contribution in [2.45, 2.75) is 34.2 Å². The smallest absolute Gasteiger partial charge is 0.278 e. The maximum Gasteiger partial charge on any atom is 0.278 e. The van der Waals surface area contributed by atoms with Crippen molar-refractivity contribution in [2.75, 3.05) is 6.61 Å². The van der Waals surface area contributed by atoms with Crippen LogP contribution in [0.15, 0.2) is 29.1 Å². The summed E-state index contributed by atoms with van der Waals surface area (Å²) in [6.45, 7) is 8.25. The third-order valence-electron chi connectivity index (χ3n) is 3.45. The molecule has 2 aromatic rings. The summed E-state index contributed by atoms with van der Waals surface area (Å²) in [5.74, 6) is 6.16. The summed E-state index contributed by atoms with van der Waals surface area (Å²) in [6.07, 6.45) is 0. The van der Waals surface area contributed by atoms with Gasteiger partial charge in [-0.2, -0.15) is 5.10 Å². The van der Waals surface area contributed by atoms with Crippen molar-refractivity contribution in [3.05, 3.63) is 45.9 Å². The van der Waals surface area contributed by atoms with Crippen LogP contribution in [-0.2, 0) is 6.54 Å². The van der Waals surface area contributed by atoms with Crippen molar-refractivity contribution in [3.8, 4) is 28.7 Å². The zero-order valence-electron chi connectivity index (χ0n) is 13.4. The Balaban J connectivity index is 2.71. The normalized spacial score (nSPS) is 10.0. The van der Waals surface area contributed by atoms with E-state index in [1.807, 2.05) is 45.0 Å². The molecule has 0 aliphatic rings. The van der Waals surface area contributed by atoms with E-state index in [1.54, 1.807) is 6.92 Å². The highest BCUT2D eigenvalue weighted by molar-refractivity contribution is 5.73. The van der Waals surface area contributed by atoms with E-state index < -0.39 is 0 Å². The van der Waals surface area contributed by atoms with Gasteiger partial charge in [0.05, 0.1) is 5.56 Å². The predicted molar refractivity (Wildman–Crippen MR) is 88.0 cm³/mol. The van der Waals surface area contributed by atoms with Gasteiger partial charge in [0.2, 0.25) is 0 Å². The highest BCUT2D eigenvalue weighted by Gasteiger charge is 2.18. The fourth-order valence-corrected chi connectivity index (χ4v) is 2.34. The fourth-order valence-electron chi connectivity index (χ4n) is 2.34. The molecule has 1 aromatic carbocycles. The molecule has 2 rings (SSSR count). The number of rotatable bonds is 4. The Hall–Kier alpha value is -2.54. The quantitative estimate of drug-likeness (QED) is 0.815. The van der Waals surface area contributed by atoms with E-state index >= 15 is 0 Å². The lowest BCUT2D eigenvalue weighted by molar-refractivity contribution is 0.362. The molecule has 0 bridgehead atoms. The van der Waals surface area contributed by atoms with Gasteiger partial charge < -0.3 is 4.74 Å². The lowest BCUT2D eigenvalue weighted by atomic mass is 10.0. The van der Waals surface area contributed by atoms with Crippen LogP contribution in [0.5, 0.6) is 5.75 Å². The van der Waals surface area contributed by atoms with Crippen molar-refractivity contribution in [1.82, 2.24) is 9.78 Å². The Labute approximate surface area is 130 Å². The molecule has 22 heavy (non-hydrogen) atoms. The molecule has 0 radical (unpaired) electrons. The Morgan fingerprint density at radius 3 is 2.64 bits per heavy atom. The molecule has 114 valence electrons. The second kappa shape index (κ2) is 6.95. The summed E-state index contributed by atoms with van der Waals surface area (Å²) in [5.41, 5.74) is 3.02. The molecule has 4 heteroatoms. The van der Waals surface area contributed by atoms with Crippen LogP contribution in [0.3, 0.4) is 0 Å². The van der Waals surface area contributed by atoms with E-state index in [4.69, 9.17) is 4.74 Å². The van der Waals surface area contributed by atoms with Crippen LogP contribution in [0.25, 0.3) is 11.1 Å². The van der Waals surface area contributed by atoms with Gasteiger partial charge in [0.25, 0.3) is 5.56 Å². The number of nitrogens with zero attached hydrogens (tertiary/aromatic N) is 2. The Bertz CT molecular complexity index is 795. The van der Waals surface area contributed by atoms with Gasteiger partial charge >= 0.3 is 0 Å². The topological polar surface area (TPSA) is 44.1 Å². The highest BCUT2D eigenvalue weighted by Crippen LogP contribution is 2.30. The van der Waals surface area contributed by atoms with Gasteiger partial charge in [-0.05, 0) is 38.8 Å². The number of hydrogen-bond donors (Lipinski definition) is 0. The highest BCUT2D eigenvalue weighted by atomic mass is 16.5. The Kier molecular flexibility index (Phi) is 5.00. The fraction of sp³-hybridized carbons (Fsp3) is 0.333. The van der Waals surface area contributed by atoms with E-state index in [0.717, 1.165) is 11.1 Å². The summed E-state index contributed by atoms with van der Waals surface area (Å²) in [7, 11) is 0. The molecule has 1 heterocycles. The van der Waals surface area contributed by atoms with Crippen molar-refractivity contribution in [1.29, 1.82) is 0 Å². The van der Waals surface area contributed by atoms with Crippen molar-refractivity contribution < 1.29 is 4.74 Å². The maximum atomic E-state index is 12.7. The molecule has 0 unspecified atom stereocenters. The number of ether oxygens (including phenoxy) is 1. The molecule has 0 amide bonds. The largest absolute Gasteiger partial charge is 0.478 e. The van der Waals surface area contributed by atoms with E-state index in [9.17, 15) is 4.79 Å². The van der Waals surface area contributed by atoms with Gasteiger partial charge in [-0.3, -0.25) is 4.79 Å². The summed E-state index contributed by atoms with van der Waals surface area (Å²) in [4.78, 5) is 12.7. The lowest BCUT2D eigenvalue weighted by Crippen LogP contribution is -2.26. The molecule has 0 saturated carbocycles. The monoisotopic (exact) mass is 296 g/mol. The van der Waals surface area contributed by atoms with Crippen LogP contribution in [0.1, 0.15) is 25.1 Å². The maximum absolute atomic E-state index is 12.7. The van der Waals surface area contributed by atoms with Crippen molar-refractivity contribution >= 4 is 0 Å². The minimum Gasteiger partial charge on any atom is -0.478 e. The third-order valence-corrected chi connectivity index (χ3v) is 3.45. The predicted octanol–water partition coefficient (Wildman–Crippen LogP) is 2.95. The van der Waals surface area contributed by atoms with Gasteiger partial charge in [0, 0.05) is 6.54 Å². The Morgan fingerprint density at radius 2 is 2.00 bits per heavy atom. The molecule has 0 aliphatic heterocycles. The molecule has 0 spiro atoms. The average molecular weight is 296 g/mol. The van der Waals surface area contributed by atoms with E-state index in [2.05, 4.69) is 16.9 Å². The molecular weight excluding hydrogens is 276 g/mol. The second-order valence-electron chi connectivity index (χ2n) is 4.94. The molecule has 0 aliphatic carbocycles. The minimum atomic E-state index is -0.137. The summed E-state index contributed by atoms with van der Waals surface area (Å²) in [5, 5.41) is 4.32. The summed E-state index contributed by atoms with van der Waals surface area (Å²) < 4.78 is 7.22. The second-order valence-corrected chi connectivity index (χ2v) is 4.94. The first kappa shape index (κ1) is 15.8. The van der Waals surface area contributed by atoms with Gasteiger partial charge in [-0.25, -0.2) is 4.68 Å². The van der Waals surface area contributed by atoms with E-state index in [-0.39, 0.29) is 12.2 Å². The molecule has 0 saturated heterocycles. The standard InChI is InChI=1S/C18H20N2O2/c1-5-7-12-22-17-14(4)19-20(6-2)18(21)16(17)15-11-9-8-10-13(15)3/h8-11H,6,12H2,1-4H3. The first-order valence-corrected chi connectivity index (χ1v) is 7.30. The summed E-state index contributed by atoms with van der Waals surface area (Å²) >= 11 is 0. The molecule has 0 atom stereocenters. The van der Waals surface area contributed by atoms with Crippen molar-refractivity contribution in [3.63, 3.8) is 0 Å². The average Bonchev–Trinajstić information content (AvgIpc) is 2.51. The van der Waals surface area contributed by atoms with Crippen LogP contribution < -0.4 is 10.3 Å². The van der Waals surface area contributed by atoms with Crippen molar-refractivity contribution in [2.24, 2.45) is 0 Å². The number of hydrogen-bond acceptors (Lipinski definition) is 3.